The zero-order valence-corrected chi connectivity index (χ0v) is 11.2. The summed E-state index contributed by atoms with van der Waals surface area (Å²) < 4.78 is 27.5. The van der Waals surface area contributed by atoms with Crippen molar-refractivity contribution >= 4 is 27.6 Å². The van der Waals surface area contributed by atoms with Crippen molar-refractivity contribution in [2.75, 3.05) is 10.0 Å². The Morgan fingerprint density at radius 2 is 1.30 bits per heavy atom. The van der Waals surface area contributed by atoms with E-state index in [9.17, 15) is 13.2 Å². The summed E-state index contributed by atoms with van der Waals surface area (Å²) in [5.41, 5.74) is 0.868. The van der Waals surface area contributed by atoms with Crippen LogP contribution >= 0.6 is 0 Å². The molecular formula is C13H13N3O3S. The lowest BCUT2D eigenvalue weighted by atomic mass is 10.3. The molecule has 6 nitrogen and oxygen atoms in total. The quantitative estimate of drug-likeness (QED) is 0.806. The van der Waals surface area contributed by atoms with E-state index in [1.165, 1.54) is 0 Å². The second-order valence-electron chi connectivity index (χ2n) is 3.89. The van der Waals surface area contributed by atoms with Crippen LogP contribution in [0.4, 0.5) is 16.2 Å². The highest BCUT2D eigenvalue weighted by Crippen LogP contribution is 2.07. The van der Waals surface area contributed by atoms with E-state index >= 15 is 0 Å². The lowest BCUT2D eigenvalue weighted by molar-refractivity contribution is 0.256. The number of rotatable bonds is 4. The maximum Gasteiger partial charge on any atom is 0.334 e. The van der Waals surface area contributed by atoms with Crippen molar-refractivity contribution in [3.05, 3.63) is 60.7 Å². The van der Waals surface area contributed by atoms with Crippen molar-refractivity contribution in [1.82, 2.24) is 4.72 Å². The molecular weight excluding hydrogens is 278 g/mol. The fraction of sp³-hybridized carbons (Fsp3) is 0. The van der Waals surface area contributed by atoms with Crippen molar-refractivity contribution in [3.8, 4) is 0 Å². The molecule has 2 aromatic rings. The van der Waals surface area contributed by atoms with E-state index in [0.29, 0.717) is 11.4 Å². The topological polar surface area (TPSA) is 87.3 Å². The van der Waals surface area contributed by atoms with Crippen molar-refractivity contribution in [1.29, 1.82) is 0 Å². The lowest BCUT2D eigenvalue weighted by Gasteiger charge is -2.10. The first-order valence-electron chi connectivity index (χ1n) is 5.77. The van der Waals surface area contributed by atoms with Crippen LogP contribution in [0.3, 0.4) is 0 Å². The second-order valence-corrected chi connectivity index (χ2v) is 5.31. The SMILES string of the molecule is O=C(Nc1ccccc1)NS(=O)(=O)Nc1ccccc1. The third-order valence-corrected chi connectivity index (χ3v) is 3.24. The molecule has 104 valence electrons. The van der Waals surface area contributed by atoms with Gasteiger partial charge in [-0.3, -0.25) is 4.72 Å². The van der Waals surface area contributed by atoms with Gasteiger partial charge in [0.25, 0.3) is 0 Å². The largest absolute Gasteiger partial charge is 0.334 e. The van der Waals surface area contributed by atoms with Gasteiger partial charge in [-0.25, -0.2) is 9.52 Å². The Morgan fingerprint density at radius 1 is 0.800 bits per heavy atom. The van der Waals surface area contributed by atoms with Crippen LogP contribution in [-0.4, -0.2) is 14.4 Å². The van der Waals surface area contributed by atoms with Gasteiger partial charge in [-0.2, -0.15) is 8.42 Å². The molecule has 0 saturated carbocycles. The Morgan fingerprint density at radius 3 is 1.85 bits per heavy atom. The van der Waals surface area contributed by atoms with Crippen LogP contribution in [0.25, 0.3) is 0 Å². The highest BCUT2D eigenvalue weighted by molar-refractivity contribution is 7.91. The molecule has 0 radical (unpaired) electrons. The van der Waals surface area contributed by atoms with E-state index in [4.69, 9.17) is 0 Å². The summed E-state index contributed by atoms with van der Waals surface area (Å²) in [6, 6.07) is 16.0. The Hall–Kier alpha value is -2.54. The van der Waals surface area contributed by atoms with Gasteiger partial charge < -0.3 is 5.32 Å². The fourth-order valence-corrected chi connectivity index (χ4v) is 2.28. The molecule has 0 spiro atoms. The lowest BCUT2D eigenvalue weighted by Crippen LogP contribution is -2.38. The first-order valence-corrected chi connectivity index (χ1v) is 7.25. The minimum Gasteiger partial charge on any atom is -0.307 e. The number of para-hydroxylation sites is 2. The molecule has 0 aliphatic heterocycles. The highest BCUT2D eigenvalue weighted by atomic mass is 32.2. The van der Waals surface area contributed by atoms with Crippen LogP contribution in [0.15, 0.2) is 60.7 Å². The predicted octanol–water partition coefficient (Wildman–Crippen LogP) is 2.17. The maximum atomic E-state index is 11.7. The summed E-state index contributed by atoms with van der Waals surface area (Å²) in [6.07, 6.45) is 0. The number of urea groups is 1. The van der Waals surface area contributed by atoms with Crippen LogP contribution in [0.1, 0.15) is 0 Å². The van der Waals surface area contributed by atoms with Gasteiger partial charge in [0.15, 0.2) is 0 Å². The summed E-state index contributed by atoms with van der Waals surface area (Å²) >= 11 is 0. The van der Waals surface area contributed by atoms with Gasteiger partial charge in [-0.1, -0.05) is 36.4 Å². The normalized spacial score (nSPS) is 10.6. The van der Waals surface area contributed by atoms with Crippen LogP contribution in [-0.2, 0) is 10.2 Å². The van der Waals surface area contributed by atoms with Gasteiger partial charge in [0.05, 0.1) is 5.69 Å². The van der Waals surface area contributed by atoms with E-state index in [1.807, 2.05) is 4.72 Å². The first-order chi connectivity index (χ1) is 9.55. The highest BCUT2D eigenvalue weighted by Gasteiger charge is 2.13. The number of anilines is 2. The van der Waals surface area contributed by atoms with Gasteiger partial charge in [0.2, 0.25) is 0 Å². The molecule has 2 amide bonds. The van der Waals surface area contributed by atoms with Crippen molar-refractivity contribution in [2.24, 2.45) is 0 Å². The Balaban J connectivity index is 1.96. The van der Waals surface area contributed by atoms with Crippen LogP contribution < -0.4 is 14.8 Å². The van der Waals surface area contributed by atoms with Crippen molar-refractivity contribution in [2.45, 2.75) is 0 Å². The van der Waals surface area contributed by atoms with Gasteiger partial charge in [-0.15, -0.1) is 0 Å². The summed E-state index contributed by atoms with van der Waals surface area (Å²) in [4.78, 5) is 11.6. The minimum absolute atomic E-state index is 0.368. The first kappa shape index (κ1) is 13.9. The van der Waals surface area contributed by atoms with Gasteiger partial charge in [-0.05, 0) is 24.3 Å². The molecule has 0 atom stereocenters. The molecule has 2 rings (SSSR count). The van der Waals surface area contributed by atoms with Crippen LogP contribution in [0.2, 0.25) is 0 Å². The van der Waals surface area contributed by atoms with Crippen LogP contribution in [0.5, 0.6) is 0 Å². The molecule has 20 heavy (non-hydrogen) atoms. The Labute approximate surface area is 117 Å². The van der Waals surface area contributed by atoms with Gasteiger partial charge in [0, 0.05) is 5.69 Å². The number of carbonyl (C=O) groups is 1. The molecule has 0 unspecified atom stereocenters. The smallest absolute Gasteiger partial charge is 0.307 e. The van der Waals surface area contributed by atoms with Crippen LogP contribution in [0, 0.1) is 0 Å². The maximum absolute atomic E-state index is 11.7. The van der Waals surface area contributed by atoms with Gasteiger partial charge >= 0.3 is 16.2 Å². The average Bonchev–Trinajstić information content (AvgIpc) is 2.39. The molecule has 7 heteroatoms. The fourth-order valence-electron chi connectivity index (χ4n) is 1.49. The third kappa shape index (κ3) is 4.29. The summed E-state index contributed by atoms with van der Waals surface area (Å²) in [5, 5.41) is 2.41. The second kappa shape index (κ2) is 6.07. The number of amides is 2. The summed E-state index contributed by atoms with van der Waals surface area (Å²) in [6.45, 7) is 0. The molecule has 0 bridgehead atoms. The van der Waals surface area contributed by atoms with E-state index in [2.05, 4.69) is 10.0 Å². The summed E-state index contributed by atoms with van der Waals surface area (Å²) in [5.74, 6) is 0. The van der Waals surface area contributed by atoms with E-state index in [1.54, 1.807) is 60.7 Å². The van der Waals surface area contributed by atoms with E-state index < -0.39 is 16.2 Å². The number of hydrogen-bond acceptors (Lipinski definition) is 3. The van der Waals surface area contributed by atoms with Crippen molar-refractivity contribution < 1.29 is 13.2 Å². The Bertz CT molecular complexity index is 673. The summed E-state index contributed by atoms with van der Waals surface area (Å²) in [7, 11) is -3.97. The Kier molecular flexibility index (Phi) is 4.21. The van der Waals surface area contributed by atoms with E-state index in [-0.39, 0.29) is 0 Å². The molecule has 0 saturated heterocycles. The van der Waals surface area contributed by atoms with E-state index in [0.717, 1.165) is 0 Å². The molecule has 2 aromatic carbocycles. The number of hydrogen-bond donors (Lipinski definition) is 3. The monoisotopic (exact) mass is 291 g/mol. The number of nitrogens with one attached hydrogen (secondary N) is 3. The minimum atomic E-state index is -3.97. The third-order valence-electron chi connectivity index (χ3n) is 2.28. The standard InChI is InChI=1S/C13H13N3O3S/c17-13(14-11-7-3-1-4-8-11)16-20(18,19)15-12-9-5-2-6-10-12/h1-10,15H,(H2,14,16,17). The molecule has 0 aliphatic rings. The zero-order valence-electron chi connectivity index (χ0n) is 10.4. The molecule has 0 aromatic heterocycles. The molecule has 0 aliphatic carbocycles. The predicted molar refractivity (Wildman–Crippen MR) is 77.6 cm³/mol. The van der Waals surface area contributed by atoms with Gasteiger partial charge in [0.1, 0.15) is 0 Å². The molecule has 3 N–H and O–H groups in total. The number of benzene rings is 2. The molecule has 0 fully saturated rings. The average molecular weight is 291 g/mol. The molecule has 0 heterocycles. The zero-order chi connectivity index (χ0) is 14.4. The number of carbonyl (C=O) groups excluding carboxylic acids is 1. The van der Waals surface area contributed by atoms with Crippen molar-refractivity contribution in [3.63, 3.8) is 0 Å².